The average molecular weight is 252 g/mol. The van der Waals surface area contributed by atoms with Gasteiger partial charge >= 0.3 is 0 Å². The van der Waals surface area contributed by atoms with Gasteiger partial charge in [0.15, 0.2) is 0 Å². The molecule has 1 aliphatic heterocycles. The average Bonchev–Trinajstić information content (AvgIpc) is 2.29. The van der Waals surface area contributed by atoms with E-state index in [4.69, 9.17) is 5.14 Å². The summed E-state index contributed by atoms with van der Waals surface area (Å²) in [4.78, 5) is 24.9. The first-order valence-electron chi connectivity index (χ1n) is 5.21. The van der Waals surface area contributed by atoms with E-state index in [1.807, 2.05) is 0 Å². The number of piperidine rings is 1. The Labute approximate surface area is 101 Å². The summed E-state index contributed by atoms with van der Waals surface area (Å²) in [5.74, 6) is -0.384. The van der Waals surface area contributed by atoms with Crippen LogP contribution in [-0.2, 0) is 20.6 Å². The molecular weight excluding hydrogens is 240 g/mol. The summed E-state index contributed by atoms with van der Waals surface area (Å²) in [6, 6.07) is 6.28. The Bertz CT molecular complexity index is 468. The molecular formula is C11H12N2O3S. The molecule has 1 fully saturated rings. The molecule has 2 rings (SSSR count). The fourth-order valence-electron chi connectivity index (χ4n) is 1.77. The third-order valence-electron chi connectivity index (χ3n) is 2.61. The second kappa shape index (κ2) is 4.77. The van der Waals surface area contributed by atoms with Crippen LogP contribution in [-0.4, -0.2) is 16.0 Å². The minimum atomic E-state index is -1.55. The Balaban J connectivity index is 2.29. The van der Waals surface area contributed by atoms with Gasteiger partial charge in [0.2, 0.25) is 11.8 Å². The highest BCUT2D eigenvalue weighted by atomic mass is 32.2. The fourth-order valence-corrected chi connectivity index (χ4v) is 2.18. The number of amides is 2. The maximum Gasteiger partial charge on any atom is 0.233 e. The summed E-state index contributed by atoms with van der Waals surface area (Å²) in [7, 11) is -1.55. The maximum absolute atomic E-state index is 11.6. The van der Waals surface area contributed by atoms with Crippen molar-refractivity contribution in [2.24, 2.45) is 5.14 Å². The van der Waals surface area contributed by atoms with Crippen LogP contribution in [0.5, 0.6) is 0 Å². The number of nitrogens with zero attached hydrogens (tertiary/aromatic N) is 1. The third kappa shape index (κ3) is 2.42. The molecule has 0 radical (unpaired) electrons. The Hall–Kier alpha value is -1.53. The number of carbonyl (C=O) groups excluding carboxylic acids is 2. The molecule has 1 atom stereocenters. The highest BCUT2D eigenvalue weighted by Gasteiger charge is 2.27. The van der Waals surface area contributed by atoms with Gasteiger partial charge in [-0.3, -0.25) is 14.5 Å². The van der Waals surface area contributed by atoms with Crippen molar-refractivity contribution >= 4 is 28.5 Å². The van der Waals surface area contributed by atoms with Crippen LogP contribution in [0.4, 0.5) is 5.69 Å². The SMILES string of the molecule is NS(=O)c1ccc(N2C(=O)CCCC2=O)cc1. The molecule has 1 aromatic carbocycles. The van der Waals surface area contributed by atoms with E-state index >= 15 is 0 Å². The van der Waals surface area contributed by atoms with Crippen LogP contribution in [0, 0.1) is 0 Å². The number of hydrogen-bond donors (Lipinski definition) is 1. The highest BCUT2D eigenvalue weighted by Crippen LogP contribution is 2.22. The molecule has 0 spiro atoms. The Morgan fingerprint density at radius 1 is 1.06 bits per heavy atom. The highest BCUT2D eigenvalue weighted by molar-refractivity contribution is 7.82. The lowest BCUT2D eigenvalue weighted by atomic mass is 10.1. The van der Waals surface area contributed by atoms with Gasteiger partial charge in [-0.1, -0.05) is 0 Å². The quantitative estimate of drug-likeness (QED) is 0.787. The molecule has 0 bridgehead atoms. The van der Waals surface area contributed by atoms with Gasteiger partial charge in [0.05, 0.1) is 10.6 Å². The first-order chi connectivity index (χ1) is 8.09. The van der Waals surface area contributed by atoms with Gasteiger partial charge in [-0.25, -0.2) is 9.35 Å². The zero-order valence-corrected chi connectivity index (χ0v) is 9.90. The first-order valence-corrected chi connectivity index (χ1v) is 6.43. The monoisotopic (exact) mass is 252 g/mol. The Kier molecular flexibility index (Phi) is 3.35. The zero-order valence-electron chi connectivity index (χ0n) is 9.09. The summed E-state index contributed by atoms with van der Waals surface area (Å²) in [6.45, 7) is 0. The number of imide groups is 1. The zero-order chi connectivity index (χ0) is 12.4. The van der Waals surface area contributed by atoms with Crippen molar-refractivity contribution < 1.29 is 13.8 Å². The largest absolute Gasteiger partial charge is 0.274 e. The number of hydrogen-bond acceptors (Lipinski definition) is 3. The molecule has 0 aromatic heterocycles. The van der Waals surface area contributed by atoms with Crippen molar-refractivity contribution in [3.63, 3.8) is 0 Å². The van der Waals surface area contributed by atoms with Gasteiger partial charge in [-0.05, 0) is 30.7 Å². The van der Waals surface area contributed by atoms with Gasteiger partial charge in [0, 0.05) is 12.8 Å². The third-order valence-corrected chi connectivity index (χ3v) is 3.34. The van der Waals surface area contributed by atoms with E-state index in [9.17, 15) is 13.8 Å². The number of rotatable bonds is 2. The maximum atomic E-state index is 11.6. The van der Waals surface area contributed by atoms with Crippen molar-refractivity contribution in [2.75, 3.05) is 4.90 Å². The summed E-state index contributed by atoms with van der Waals surface area (Å²) in [5.41, 5.74) is 0.508. The Morgan fingerprint density at radius 3 is 2.06 bits per heavy atom. The normalized spacial score (nSPS) is 18.3. The van der Waals surface area contributed by atoms with Crippen LogP contribution in [0.1, 0.15) is 19.3 Å². The van der Waals surface area contributed by atoms with E-state index in [1.54, 1.807) is 24.3 Å². The second-order valence-electron chi connectivity index (χ2n) is 3.77. The molecule has 0 saturated carbocycles. The first kappa shape index (κ1) is 11.9. The lowest BCUT2D eigenvalue weighted by molar-refractivity contribution is -0.129. The van der Waals surface area contributed by atoms with Gasteiger partial charge in [0.25, 0.3) is 0 Å². The van der Waals surface area contributed by atoms with Crippen LogP contribution in [0.3, 0.4) is 0 Å². The molecule has 0 aliphatic carbocycles. The smallest absolute Gasteiger partial charge is 0.233 e. The molecule has 1 aromatic rings. The molecule has 17 heavy (non-hydrogen) atoms. The molecule has 1 unspecified atom stereocenters. The summed E-state index contributed by atoms with van der Waals surface area (Å²) in [5, 5.41) is 5.22. The van der Waals surface area contributed by atoms with Gasteiger partial charge in [0.1, 0.15) is 11.0 Å². The van der Waals surface area contributed by atoms with Gasteiger partial charge in [-0.2, -0.15) is 0 Å². The number of nitrogens with two attached hydrogens (primary N) is 1. The molecule has 5 nitrogen and oxygen atoms in total. The minimum Gasteiger partial charge on any atom is -0.274 e. The van der Waals surface area contributed by atoms with E-state index in [0.717, 1.165) is 0 Å². The van der Waals surface area contributed by atoms with Crippen molar-refractivity contribution in [1.29, 1.82) is 0 Å². The van der Waals surface area contributed by atoms with Crippen LogP contribution in [0.2, 0.25) is 0 Å². The van der Waals surface area contributed by atoms with E-state index in [2.05, 4.69) is 0 Å². The van der Waals surface area contributed by atoms with Crippen LogP contribution >= 0.6 is 0 Å². The van der Waals surface area contributed by atoms with Crippen LogP contribution < -0.4 is 10.0 Å². The van der Waals surface area contributed by atoms with Gasteiger partial charge < -0.3 is 0 Å². The van der Waals surface area contributed by atoms with E-state index in [-0.39, 0.29) is 11.8 Å². The summed E-state index contributed by atoms with van der Waals surface area (Å²) >= 11 is 0. The standard InChI is InChI=1S/C11H12N2O3S/c12-17(16)9-6-4-8(5-7-9)13-10(14)2-1-3-11(13)15/h4-7H,1-3,12H2. The summed E-state index contributed by atoms with van der Waals surface area (Å²) in [6.07, 6.45) is 1.38. The molecule has 90 valence electrons. The topological polar surface area (TPSA) is 80.5 Å². The van der Waals surface area contributed by atoms with Crippen molar-refractivity contribution in [3.8, 4) is 0 Å². The predicted octanol–water partition coefficient (Wildman–Crippen LogP) is 0.711. The van der Waals surface area contributed by atoms with Crippen molar-refractivity contribution in [3.05, 3.63) is 24.3 Å². The van der Waals surface area contributed by atoms with Gasteiger partial charge in [-0.15, -0.1) is 0 Å². The molecule has 1 heterocycles. The Morgan fingerprint density at radius 2 is 1.59 bits per heavy atom. The predicted molar refractivity (Wildman–Crippen MR) is 63.4 cm³/mol. The molecule has 2 N–H and O–H groups in total. The number of benzene rings is 1. The molecule has 2 amide bonds. The molecule has 1 aliphatic rings. The lowest BCUT2D eigenvalue weighted by Crippen LogP contribution is -2.40. The van der Waals surface area contributed by atoms with E-state index in [1.165, 1.54) is 4.90 Å². The van der Waals surface area contributed by atoms with Crippen molar-refractivity contribution in [1.82, 2.24) is 0 Å². The fraction of sp³-hybridized carbons (Fsp3) is 0.273. The number of carbonyl (C=O) groups is 2. The van der Waals surface area contributed by atoms with Crippen LogP contribution in [0.15, 0.2) is 29.2 Å². The molecule has 6 heteroatoms. The minimum absolute atomic E-state index is 0.192. The molecule has 1 saturated heterocycles. The second-order valence-corrected chi connectivity index (χ2v) is 4.83. The van der Waals surface area contributed by atoms with Crippen molar-refractivity contribution in [2.45, 2.75) is 24.2 Å². The summed E-state index contributed by atoms with van der Waals surface area (Å²) < 4.78 is 11.0. The van der Waals surface area contributed by atoms with E-state index in [0.29, 0.717) is 29.8 Å². The number of anilines is 1. The van der Waals surface area contributed by atoms with E-state index < -0.39 is 11.0 Å². The lowest BCUT2D eigenvalue weighted by Gasteiger charge is -2.24. The van der Waals surface area contributed by atoms with Crippen LogP contribution in [0.25, 0.3) is 0 Å².